The number of benzene rings is 5. The van der Waals surface area contributed by atoms with Crippen LogP contribution in [0.25, 0.3) is 10.8 Å². The fraction of sp³-hybridized carbons (Fsp3) is 0.121. The molecule has 5 rings (SSSR count). The summed E-state index contributed by atoms with van der Waals surface area (Å²) in [5.41, 5.74) is 0.0649. The largest absolute Gasteiger partial charge is 0.482 e. The van der Waals surface area contributed by atoms with Crippen LogP contribution in [0.5, 0.6) is 5.75 Å². The van der Waals surface area contributed by atoms with E-state index in [1.54, 1.807) is 12.1 Å². The van der Waals surface area contributed by atoms with Crippen molar-refractivity contribution in [2.75, 3.05) is 6.61 Å². The molecule has 6 heteroatoms. The van der Waals surface area contributed by atoms with Gasteiger partial charge in [-0.25, -0.2) is 13.6 Å². The summed E-state index contributed by atoms with van der Waals surface area (Å²) >= 11 is 0. The van der Waals surface area contributed by atoms with Gasteiger partial charge in [-0.2, -0.15) is 0 Å². The van der Waals surface area contributed by atoms with E-state index in [9.17, 15) is 13.6 Å². The molecule has 39 heavy (non-hydrogen) atoms. The lowest BCUT2D eigenvalue weighted by Crippen LogP contribution is -2.28. The van der Waals surface area contributed by atoms with Gasteiger partial charge in [0, 0.05) is 23.8 Å². The second-order valence-corrected chi connectivity index (χ2v) is 11.5. The summed E-state index contributed by atoms with van der Waals surface area (Å²) in [7, 11) is -0.730. The number of hydrogen-bond acceptors (Lipinski definition) is 3. The van der Waals surface area contributed by atoms with Crippen molar-refractivity contribution in [3.8, 4) is 5.75 Å². The van der Waals surface area contributed by atoms with Crippen LogP contribution in [0.3, 0.4) is 0 Å². The van der Waals surface area contributed by atoms with E-state index in [-0.39, 0.29) is 6.61 Å². The topological polar surface area (TPSA) is 35.5 Å². The van der Waals surface area contributed by atoms with E-state index in [1.807, 2.05) is 98.8 Å². The van der Waals surface area contributed by atoms with Gasteiger partial charge in [-0.15, -0.1) is 0 Å². The summed E-state index contributed by atoms with van der Waals surface area (Å²) in [4.78, 5) is 15.1. The fourth-order valence-electron chi connectivity index (χ4n) is 4.54. The number of fused-ring (bicyclic) bond motifs is 1. The molecule has 0 N–H and O–H groups in total. The molecular formula is C33H27F2O3S+. The second-order valence-electron chi connectivity index (χ2n) is 9.50. The third-order valence-electron chi connectivity index (χ3n) is 6.27. The number of hydrogen-bond donors (Lipinski definition) is 0. The van der Waals surface area contributed by atoms with E-state index in [0.717, 1.165) is 32.2 Å². The Balaban J connectivity index is 1.30. The predicted molar refractivity (Wildman–Crippen MR) is 150 cm³/mol. The second kappa shape index (κ2) is 11.3. The number of carbonyl (C=O) groups excluding carboxylic acids is 1. The van der Waals surface area contributed by atoms with Crippen LogP contribution < -0.4 is 4.74 Å². The fourth-order valence-corrected chi connectivity index (χ4v) is 6.66. The van der Waals surface area contributed by atoms with Crippen LogP contribution in [-0.4, -0.2) is 12.6 Å². The summed E-state index contributed by atoms with van der Waals surface area (Å²) in [6, 6.07) is 34.2. The molecule has 0 saturated carbocycles. The molecule has 0 spiro atoms. The van der Waals surface area contributed by atoms with Gasteiger partial charge in [0.15, 0.2) is 21.3 Å². The molecule has 0 aliphatic carbocycles. The van der Waals surface area contributed by atoms with Crippen LogP contribution in [0, 0.1) is 11.6 Å². The maximum atomic E-state index is 14.1. The first-order valence-corrected chi connectivity index (χ1v) is 13.7. The Kier molecular flexibility index (Phi) is 7.66. The van der Waals surface area contributed by atoms with E-state index >= 15 is 0 Å². The van der Waals surface area contributed by atoms with Gasteiger partial charge in [-0.1, -0.05) is 60.7 Å². The van der Waals surface area contributed by atoms with Gasteiger partial charge in [0.05, 0.1) is 10.9 Å². The minimum Gasteiger partial charge on any atom is -0.482 e. The molecule has 0 bridgehead atoms. The first kappa shape index (κ1) is 26.4. The van der Waals surface area contributed by atoms with Crippen LogP contribution in [0.2, 0.25) is 0 Å². The lowest BCUT2D eigenvalue weighted by Gasteiger charge is -2.27. The number of carbonyl (C=O) groups is 1. The highest BCUT2D eigenvalue weighted by Crippen LogP contribution is 2.34. The molecule has 196 valence electrons. The molecule has 0 saturated heterocycles. The van der Waals surface area contributed by atoms with Crippen LogP contribution in [0.1, 0.15) is 19.4 Å². The average Bonchev–Trinajstić information content (AvgIpc) is 2.92. The molecule has 0 fully saturated rings. The van der Waals surface area contributed by atoms with Gasteiger partial charge in [-0.05, 0) is 61.0 Å². The van der Waals surface area contributed by atoms with Crippen molar-refractivity contribution in [2.45, 2.75) is 34.1 Å². The molecule has 0 aliphatic rings. The van der Waals surface area contributed by atoms with Gasteiger partial charge >= 0.3 is 5.97 Å². The molecular weight excluding hydrogens is 514 g/mol. The Bertz CT molecular complexity index is 1580. The molecule has 3 nitrogen and oxygen atoms in total. The summed E-state index contributed by atoms with van der Waals surface area (Å²) in [5, 5.41) is 2.10. The Labute approximate surface area is 229 Å². The van der Waals surface area contributed by atoms with Gasteiger partial charge in [-0.3, -0.25) is 0 Å². The van der Waals surface area contributed by atoms with E-state index < -0.39 is 34.1 Å². The molecule has 0 heterocycles. The minimum absolute atomic E-state index is 0.257. The normalized spacial score (nSPS) is 12.2. The lowest BCUT2D eigenvalue weighted by atomic mass is 9.92. The smallest absolute Gasteiger partial charge is 0.345 e. The molecule has 0 aliphatic heterocycles. The first-order chi connectivity index (χ1) is 18.8. The Morgan fingerprint density at radius 2 is 1.33 bits per heavy atom. The Hall–Kier alpha value is -4.16. The third kappa shape index (κ3) is 6.13. The summed E-state index contributed by atoms with van der Waals surface area (Å²) in [6.45, 7) is 3.47. The van der Waals surface area contributed by atoms with Crippen molar-refractivity contribution >= 4 is 27.6 Å². The summed E-state index contributed by atoms with van der Waals surface area (Å²) < 4.78 is 39.7. The van der Waals surface area contributed by atoms with Crippen molar-refractivity contribution in [1.29, 1.82) is 0 Å². The third-order valence-corrected chi connectivity index (χ3v) is 8.47. The number of halogens is 2. The zero-order valence-electron chi connectivity index (χ0n) is 21.6. The van der Waals surface area contributed by atoms with Gasteiger partial charge in [0.2, 0.25) is 0 Å². The number of ether oxygens (including phenoxy) is 2. The standard InChI is InChI=1S/C33H27F2O3S/c1-33(2,31-14-8-10-23-9-6-7-13-30(23)31)38-32(36)22-37-26-15-17-28(18-16-26)39(27-11-4-3-5-12-27)29-20-24(34)19-25(35)21-29/h3-21H,22H2,1-2H3/q+1. The SMILES string of the molecule is CC(C)(OC(=O)COc1ccc([S+](c2ccccc2)c2cc(F)cc(F)c2)cc1)c1cccc2ccccc12. The van der Waals surface area contributed by atoms with Gasteiger partial charge in [0.1, 0.15) is 23.0 Å². The van der Waals surface area contributed by atoms with Crippen molar-refractivity contribution in [2.24, 2.45) is 0 Å². The highest BCUT2D eigenvalue weighted by Gasteiger charge is 2.30. The quantitative estimate of drug-likeness (QED) is 0.147. The molecule has 0 radical (unpaired) electrons. The van der Waals surface area contributed by atoms with Crippen LogP contribution in [0.4, 0.5) is 8.78 Å². The lowest BCUT2D eigenvalue weighted by molar-refractivity contribution is -0.159. The molecule has 1 unspecified atom stereocenters. The van der Waals surface area contributed by atoms with Crippen LogP contribution >= 0.6 is 0 Å². The molecule has 5 aromatic rings. The Morgan fingerprint density at radius 3 is 2.05 bits per heavy atom. The summed E-state index contributed by atoms with van der Waals surface area (Å²) in [6.07, 6.45) is 0. The molecule has 0 amide bonds. The van der Waals surface area contributed by atoms with Crippen molar-refractivity contribution in [3.63, 3.8) is 0 Å². The summed E-state index contributed by atoms with van der Waals surface area (Å²) in [5.74, 6) is -1.25. The minimum atomic E-state index is -0.852. The molecule has 0 aromatic heterocycles. The predicted octanol–water partition coefficient (Wildman–Crippen LogP) is 8.07. The maximum Gasteiger partial charge on any atom is 0.345 e. The Morgan fingerprint density at radius 1 is 0.718 bits per heavy atom. The van der Waals surface area contributed by atoms with Crippen molar-refractivity contribution in [3.05, 3.63) is 132 Å². The van der Waals surface area contributed by atoms with Gasteiger partial charge < -0.3 is 9.47 Å². The highest BCUT2D eigenvalue weighted by atomic mass is 32.2. The van der Waals surface area contributed by atoms with Crippen molar-refractivity contribution in [1.82, 2.24) is 0 Å². The zero-order valence-corrected chi connectivity index (χ0v) is 22.4. The number of rotatable bonds is 8. The molecule has 1 atom stereocenters. The maximum absolute atomic E-state index is 14.1. The van der Waals surface area contributed by atoms with Crippen LogP contribution in [0.15, 0.2) is 130 Å². The van der Waals surface area contributed by atoms with E-state index in [1.165, 1.54) is 12.1 Å². The first-order valence-electron chi connectivity index (χ1n) is 12.5. The monoisotopic (exact) mass is 541 g/mol. The van der Waals surface area contributed by atoms with Crippen molar-refractivity contribution < 1.29 is 23.0 Å². The number of esters is 1. The average molecular weight is 542 g/mol. The van der Waals surface area contributed by atoms with Gasteiger partial charge in [0.25, 0.3) is 0 Å². The van der Waals surface area contributed by atoms with Crippen LogP contribution in [-0.2, 0) is 26.0 Å². The zero-order chi connectivity index (χ0) is 27.4. The highest BCUT2D eigenvalue weighted by molar-refractivity contribution is 7.97. The van der Waals surface area contributed by atoms with E-state index in [2.05, 4.69) is 0 Å². The molecule has 5 aromatic carbocycles. The van der Waals surface area contributed by atoms with E-state index in [0.29, 0.717) is 10.6 Å². The van der Waals surface area contributed by atoms with E-state index in [4.69, 9.17) is 9.47 Å².